The predicted octanol–water partition coefficient (Wildman–Crippen LogP) is 0.122. The van der Waals surface area contributed by atoms with E-state index >= 15 is 0 Å². The SMILES string of the molecule is O=C(O)CONS(=O)(=O)Cc1ccccc1. The van der Waals surface area contributed by atoms with Crippen LogP contribution in [0.25, 0.3) is 0 Å². The molecule has 0 saturated heterocycles. The highest BCUT2D eigenvalue weighted by atomic mass is 32.2. The normalized spacial score (nSPS) is 11.2. The van der Waals surface area contributed by atoms with Crippen molar-refractivity contribution in [3.63, 3.8) is 0 Å². The molecule has 6 nitrogen and oxygen atoms in total. The van der Waals surface area contributed by atoms with Crippen LogP contribution in [0.2, 0.25) is 0 Å². The molecular formula is C9H11NO5S. The number of carboxylic acid groups (broad SMARTS) is 1. The molecule has 0 fully saturated rings. The standard InChI is InChI=1S/C9H11NO5S/c11-9(12)6-15-10-16(13,14)7-8-4-2-1-3-5-8/h1-5,10H,6-7H2,(H,11,12). The van der Waals surface area contributed by atoms with Gasteiger partial charge in [-0.3, -0.25) is 4.84 Å². The average molecular weight is 245 g/mol. The number of carboxylic acids is 1. The lowest BCUT2D eigenvalue weighted by Gasteiger charge is -2.05. The van der Waals surface area contributed by atoms with Gasteiger partial charge in [-0.2, -0.15) is 0 Å². The maximum atomic E-state index is 11.4. The van der Waals surface area contributed by atoms with Crippen molar-refractivity contribution in [1.82, 2.24) is 4.89 Å². The Bertz CT molecular complexity index is 442. The number of nitrogens with one attached hydrogen (secondary N) is 1. The highest BCUT2D eigenvalue weighted by Gasteiger charge is 2.11. The molecule has 0 atom stereocenters. The molecule has 0 bridgehead atoms. The zero-order valence-electron chi connectivity index (χ0n) is 8.29. The van der Waals surface area contributed by atoms with Crippen molar-refractivity contribution in [3.8, 4) is 0 Å². The van der Waals surface area contributed by atoms with Gasteiger partial charge in [0.15, 0.2) is 6.61 Å². The van der Waals surface area contributed by atoms with Gasteiger partial charge >= 0.3 is 5.97 Å². The van der Waals surface area contributed by atoms with Gasteiger partial charge in [0, 0.05) is 0 Å². The Labute approximate surface area is 92.9 Å². The van der Waals surface area contributed by atoms with E-state index in [-0.39, 0.29) is 5.75 Å². The zero-order chi connectivity index (χ0) is 12.0. The Morgan fingerprint density at radius 3 is 2.50 bits per heavy atom. The van der Waals surface area contributed by atoms with Crippen LogP contribution in [-0.2, 0) is 25.4 Å². The lowest BCUT2D eigenvalue weighted by Crippen LogP contribution is -2.27. The van der Waals surface area contributed by atoms with Crippen LogP contribution in [0.15, 0.2) is 30.3 Å². The van der Waals surface area contributed by atoms with Gasteiger partial charge in [0.05, 0.1) is 5.75 Å². The topological polar surface area (TPSA) is 92.7 Å². The van der Waals surface area contributed by atoms with E-state index in [4.69, 9.17) is 5.11 Å². The van der Waals surface area contributed by atoms with Crippen LogP contribution in [0, 0.1) is 0 Å². The Morgan fingerprint density at radius 1 is 1.31 bits per heavy atom. The van der Waals surface area contributed by atoms with Crippen LogP contribution >= 0.6 is 0 Å². The molecule has 0 saturated carbocycles. The molecule has 1 aromatic carbocycles. The number of carbonyl (C=O) groups is 1. The molecule has 0 aliphatic rings. The lowest BCUT2D eigenvalue weighted by molar-refractivity contribution is -0.143. The fraction of sp³-hybridized carbons (Fsp3) is 0.222. The molecular weight excluding hydrogens is 234 g/mol. The van der Waals surface area contributed by atoms with E-state index in [1.54, 1.807) is 35.2 Å². The molecule has 0 spiro atoms. The van der Waals surface area contributed by atoms with Gasteiger partial charge in [-0.1, -0.05) is 35.2 Å². The largest absolute Gasteiger partial charge is 0.479 e. The molecule has 0 heterocycles. The van der Waals surface area contributed by atoms with E-state index in [2.05, 4.69) is 4.84 Å². The van der Waals surface area contributed by atoms with Gasteiger partial charge in [0.1, 0.15) is 0 Å². The molecule has 1 aromatic rings. The fourth-order valence-electron chi connectivity index (χ4n) is 1.00. The van der Waals surface area contributed by atoms with Gasteiger partial charge in [0.2, 0.25) is 10.0 Å². The Hall–Kier alpha value is -1.44. The van der Waals surface area contributed by atoms with Crippen LogP contribution < -0.4 is 4.89 Å². The van der Waals surface area contributed by atoms with Crippen LogP contribution in [0.1, 0.15) is 5.56 Å². The number of aliphatic carboxylic acids is 1. The third kappa shape index (κ3) is 4.87. The summed E-state index contributed by atoms with van der Waals surface area (Å²) in [4.78, 5) is 16.1. The molecule has 16 heavy (non-hydrogen) atoms. The molecule has 0 aliphatic heterocycles. The first-order valence-electron chi connectivity index (χ1n) is 4.36. The summed E-state index contributed by atoms with van der Waals surface area (Å²) in [7, 11) is -3.67. The number of hydrogen-bond donors (Lipinski definition) is 2. The first-order chi connectivity index (χ1) is 7.49. The summed E-state index contributed by atoms with van der Waals surface area (Å²) in [5.74, 6) is -1.50. The molecule has 7 heteroatoms. The molecule has 2 N–H and O–H groups in total. The highest BCUT2D eigenvalue weighted by molar-refractivity contribution is 7.88. The molecule has 0 aromatic heterocycles. The predicted molar refractivity (Wildman–Crippen MR) is 55.8 cm³/mol. The van der Waals surface area contributed by atoms with Gasteiger partial charge < -0.3 is 5.11 Å². The minimum Gasteiger partial charge on any atom is -0.479 e. The van der Waals surface area contributed by atoms with Crippen molar-refractivity contribution >= 4 is 16.0 Å². The van der Waals surface area contributed by atoms with Crippen molar-refractivity contribution in [2.45, 2.75) is 5.75 Å². The van der Waals surface area contributed by atoms with E-state index in [1.807, 2.05) is 0 Å². The van der Waals surface area contributed by atoms with E-state index in [9.17, 15) is 13.2 Å². The van der Waals surface area contributed by atoms with E-state index in [1.165, 1.54) is 0 Å². The van der Waals surface area contributed by atoms with E-state index in [0.717, 1.165) is 0 Å². The van der Waals surface area contributed by atoms with Gasteiger partial charge in [-0.25, -0.2) is 13.2 Å². The summed E-state index contributed by atoms with van der Waals surface area (Å²) >= 11 is 0. The Balaban J connectivity index is 2.49. The first-order valence-corrected chi connectivity index (χ1v) is 6.02. The molecule has 88 valence electrons. The summed E-state index contributed by atoms with van der Waals surface area (Å²) < 4.78 is 22.7. The lowest BCUT2D eigenvalue weighted by atomic mass is 10.2. The summed E-state index contributed by atoms with van der Waals surface area (Å²) in [6.45, 7) is -0.714. The van der Waals surface area contributed by atoms with Crippen molar-refractivity contribution in [3.05, 3.63) is 35.9 Å². The van der Waals surface area contributed by atoms with Gasteiger partial charge in [-0.05, 0) is 5.56 Å². The van der Waals surface area contributed by atoms with E-state index < -0.39 is 22.6 Å². The van der Waals surface area contributed by atoms with Gasteiger partial charge in [0.25, 0.3) is 0 Å². The molecule has 0 amide bonds. The van der Waals surface area contributed by atoms with Crippen LogP contribution in [0.5, 0.6) is 0 Å². The Morgan fingerprint density at radius 2 is 1.94 bits per heavy atom. The minimum absolute atomic E-state index is 0.256. The highest BCUT2D eigenvalue weighted by Crippen LogP contribution is 2.03. The second kappa shape index (κ2) is 5.59. The Kier molecular flexibility index (Phi) is 4.41. The van der Waals surface area contributed by atoms with Crippen molar-refractivity contribution in [2.24, 2.45) is 0 Å². The molecule has 0 radical (unpaired) electrons. The zero-order valence-corrected chi connectivity index (χ0v) is 9.11. The van der Waals surface area contributed by atoms with Gasteiger partial charge in [-0.15, -0.1) is 0 Å². The summed E-state index contributed by atoms with van der Waals surface area (Å²) in [6.07, 6.45) is 0. The molecule has 0 unspecified atom stereocenters. The first kappa shape index (κ1) is 12.6. The number of hydrogen-bond acceptors (Lipinski definition) is 4. The maximum Gasteiger partial charge on any atom is 0.331 e. The van der Waals surface area contributed by atoms with Crippen molar-refractivity contribution in [1.29, 1.82) is 0 Å². The molecule has 0 aliphatic carbocycles. The third-order valence-electron chi connectivity index (χ3n) is 1.58. The summed E-state index contributed by atoms with van der Waals surface area (Å²) in [5.41, 5.74) is 0.592. The average Bonchev–Trinajstić information content (AvgIpc) is 2.17. The monoisotopic (exact) mass is 245 g/mol. The van der Waals surface area contributed by atoms with Crippen LogP contribution in [-0.4, -0.2) is 26.1 Å². The minimum atomic E-state index is -3.67. The maximum absolute atomic E-state index is 11.4. The van der Waals surface area contributed by atoms with E-state index in [0.29, 0.717) is 5.56 Å². The third-order valence-corrected chi connectivity index (χ3v) is 2.67. The smallest absolute Gasteiger partial charge is 0.331 e. The summed E-state index contributed by atoms with van der Waals surface area (Å²) in [6, 6.07) is 8.49. The fourth-order valence-corrected chi connectivity index (χ4v) is 1.93. The second-order valence-corrected chi connectivity index (χ2v) is 4.70. The van der Waals surface area contributed by atoms with Crippen molar-refractivity contribution in [2.75, 3.05) is 6.61 Å². The quantitative estimate of drug-likeness (QED) is 0.694. The number of rotatable bonds is 6. The summed E-state index contributed by atoms with van der Waals surface area (Å²) in [5, 5.41) is 8.24. The number of benzene rings is 1. The van der Waals surface area contributed by atoms with Crippen molar-refractivity contribution < 1.29 is 23.2 Å². The van der Waals surface area contributed by atoms with Crippen LogP contribution in [0.4, 0.5) is 0 Å². The number of sulfonamides is 1. The molecule has 1 rings (SSSR count). The second-order valence-electron chi connectivity index (χ2n) is 3.01. The van der Waals surface area contributed by atoms with Crippen LogP contribution in [0.3, 0.4) is 0 Å².